The van der Waals surface area contributed by atoms with Crippen LogP contribution in [0.4, 0.5) is 30.4 Å². The third-order valence-electron chi connectivity index (χ3n) is 6.47. The Labute approximate surface area is 265 Å². The Morgan fingerprint density at radius 1 is 1.02 bits per heavy atom. The lowest BCUT2D eigenvalue weighted by Gasteiger charge is -2.22. The van der Waals surface area contributed by atoms with Crippen molar-refractivity contribution in [2.75, 3.05) is 36.7 Å². The molecule has 0 aliphatic carbocycles. The second-order valence-electron chi connectivity index (χ2n) is 10.6. The molecule has 1 aromatic heterocycles. The standard InChI is InChI=1S/C31H37N5O3.C2HF3O2/c1-6-38-28-18-23(10-13-27(28)39-20(2)3)29(31(37)34-19-21-8-7-9-25(16-21)36(4)5)35-24-11-12-26-22(17-24)14-15-33-30(26)32;3-2(4,5)1(6)7/h7-18,20,29,35H,6,19H2,1-5H3,(H2,32,33)(H,34,37);(H,6,7). The van der Waals surface area contributed by atoms with Crippen molar-refractivity contribution in [3.63, 3.8) is 0 Å². The number of ether oxygens (including phenoxy) is 2. The van der Waals surface area contributed by atoms with Crippen LogP contribution in [0.1, 0.15) is 37.9 Å². The number of benzene rings is 3. The topological polar surface area (TPSA) is 139 Å². The van der Waals surface area contributed by atoms with Crippen molar-refractivity contribution in [1.82, 2.24) is 10.3 Å². The van der Waals surface area contributed by atoms with Crippen LogP contribution in [0, 0.1) is 0 Å². The molecule has 0 spiro atoms. The number of carboxylic acids is 1. The number of nitrogens with one attached hydrogen (secondary N) is 2. The van der Waals surface area contributed by atoms with E-state index < -0.39 is 18.2 Å². The molecule has 1 atom stereocenters. The zero-order chi connectivity index (χ0) is 34.0. The Hall–Kier alpha value is -5.20. The lowest BCUT2D eigenvalue weighted by atomic mass is 10.0. The SMILES string of the molecule is CCOc1cc(C(Nc2ccc3c(N)nccc3c2)C(=O)NCc2cccc(N(C)C)c2)ccc1OC(C)C.O=C(O)C(F)(F)F. The number of carbonyl (C=O) groups is 2. The van der Waals surface area contributed by atoms with Crippen molar-refractivity contribution >= 4 is 39.8 Å². The van der Waals surface area contributed by atoms with E-state index in [9.17, 15) is 18.0 Å². The van der Waals surface area contributed by atoms with Crippen LogP contribution < -0.4 is 30.7 Å². The van der Waals surface area contributed by atoms with Gasteiger partial charge in [0.05, 0.1) is 12.7 Å². The summed E-state index contributed by atoms with van der Waals surface area (Å²) in [5, 5.41) is 15.4. The van der Waals surface area contributed by atoms with E-state index in [0.717, 1.165) is 33.3 Å². The summed E-state index contributed by atoms with van der Waals surface area (Å²) in [6.07, 6.45) is -3.42. The lowest BCUT2D eigenvalue weighted by molar-refractivity contribution is -0.192. The van der Waals surface area contributed by atoms with E-state index in [1.54, 1.807) is 6.20 Å². The van der Waals surface area contributed by atoms with Gasteiger partial charge in [-0.15, -0.1) is 0 Å². The molecule has 46 heavy (non-hydrogen) atoms. The van der Waals surface area contributed by atoms with Crippen LogP contribution in [0.25, 0.3) is 10.8 Å². The van der Waals surface area contributed by atoms with E-state index in [4.69, 9.17) is 25.1 Å². The summed E-state index contributed by atoms with van der Waals surface area (Å²) in [6.45, 7) is 6.73. The highest BCUT2D eigenvalue weighted by Gasteiger charge is 2.38. The molecular weight excluding hydrogens is 603 g/mol. The van der Waals surface area contributed by atoms with Gasteiger partial charge in [-0.3, -0.25) is 4.79 Å². The van der Waals surface area contributed by atoms with Crippen LogP contribution in [0.5, 0.6) is 11.5 Å². The number of alkyl halides is 3. The van der Waals surface area contributed by atoms with Gasteiger partial charge in [0.2, 0.25) is 5.91 Å². The molecule has 0 aliphatic heterocycles. The number of rotatable bonds is 11. The zero-order valence-electron chi connectivity index (χ0n) is 26.2. The molecule has 5 N–H and O–H groups in total. The average Bonchev–Trinajstić information content (AvgIpc) is 2.99. The van der Waals surface area contributed by atoms with Gasteiger partial charge in [-0.25, -0.2) is 9.78 Å². The van der Waals surface area contributed by atoms with E-state index in [0.29, 0.717) is 30.5 Å². The van der Waals surface area contributed by atoms with Crippen molar-refractivity contribution in [2.24, 2.45) is 0 Å². The maximum Gasteiger partial charge on any atom is 0.490 e. The maximum atomic E-state index is 13.7. The highest BCUT2D eigenvalue weighted by atomic mass is 19.4. The summed E-state index contributed by atoms with van der Waals surface area (Å²) in [5.41, 5.74) is 9.66. The lowest BCUT2D eigenvalue weighted by Crippen LogP contribution is -2.33. The van der Waals surface area contributed by atoms with Crippen LogP contribution in [-0.4, -0.2) is 54.9 Å². The number of carboxylic acid groups (broad SMARTS) is 1. The number of nitrogens with zero attached hydrogens (tertiary/aromatic N) is 2. The molecule has 246 valence electrons. The van der Waals surface area contributed by atoms with Crippen LogP contribution in [0.2, 0.25) is 0 Å². The Morgan fingerprint density at radius 3 is 2.37 bits per heavy atom. The van der Waals surface area contributed by atoms with E-state index >= 15 is 0 Å². The summed E-state index contributed by atoms with van der Waals surface area (Å²) in [7, 11) is 3.99. The number of amides is 1. The normalized spacial score (nSPS) is 11.7. The third-order valence-corrected chi connectivity index (χ3v) is 6.47. The Morgan fingerprint density at radius 2 is 1.74 bits per heavy atom. The predicted molar refractivity (Wildman–Crippen MR) is 172 cm³/mol. The number of hydrogen-bond acceptors (Lipinski definition) is 8. The molecule has 1 unspecified atom stereocenters. The summed E-state index contributed by atoms with van der Waals surface area (Å²) in [6, 6.07) is 20.7. The fraction of sp³-hybridized carbons (Fsp3) is 0.303. The van der Waals surface area contributed by atoms with Gasteiger partial charge < -0.3 is 35.8 Å². The molecule has 0 saturated carbocycles. The summed E-state index contributed by atoms with van der Waals surface area (Å²) >= 11 is 0. The van der Waals surface area contributed by atoms with Gasteiger partial charge in [0.15, 0.2) is 11.5 Å². The van der Waals surface area contributed by atoms with Gasteiger partial charge in [0, 0.05) is 43.6 Å². The highest BCUT2D eigenvalue weighted by molar-refractivity contribution is 5.94. The highest BCUT2D eigenvalue weighted by Crippen LogP contribution is 2.33. The maximum absolute atomic E-state index is 13.7. The number of nitrogens with two attached hydrogens (primary N) is 1. The second kappa shape index (κ2) is 15.7. The number of anilines is 3. The first-order valence-electron chi connectivity index (χ1n) is 14.4. The van der Waals surface area contributed by atoms with Crippen molar-refractivity contribution in [3.05, 3.63) is 84.1 Å². The van der Waals surface area contributed by atoms with Crippen molar-refractivity contribution < 1.29 is 37.3 Å². The monoisotopic (exact) mass is 641 g/mol. The number of fused-ring (bicyclic) bond motifs is 1. The van der Waals surface area contributed by atoms with Crippen LogP contribution in [-0.2, 0) is 16.1 Å². The van der Waals surface area contributed by atoms with Gasteiger partial charge in [-0.05, 0) is 85.8 Å². The average molecular weight is 642 g/mol. The molecule has 0 aliphatic rings. The molecule has 13 heteroatoms. The van der Waals surface area contributed by atoms with E-state index in [1.165, 1.54) is 0 Å². The van der Waals surface area contributed by atoms with Crippen LogP contribution in [0.3, 0.4) is 0 Å². The fourth-order valence-electron chi connectivity index (χ4n) is 4.32. The first-order chi connectivity index (χ1) is 21.7. The van der Waals surface area contributed by atoms with Crippen molar-refractivity contribution in [2.45, 2.75) is 45.6 Å². The predicted octanol–water partition coefficient (Wildman–Crippen LogP) is 6.17. The van der Waals surface area contributed by atoms with E-state index in [-0.39, 0.29) is 12.0 Å². The van der Waals surface area contributed by atoms with Gasteiger partial charge in [0.25, 0.3) is 0 Å². The summed E-state index contributed by atoms with van der Waals surface area (Å²) < 4.78 is 43.6. The molecule has 1 heterocycles. The molecule has 4 rings (SSSR count). The summed E-state index contributed by atoms with van der Waals surface area (Å²) in [5.74, 6) is -1.22. The largest absolute Gasteiger partial charge is 0.490 e. The molecule has 10 nitrogen and oxygen atoms in total. The minimum atomic E-state index is -5.08. The van der Waals surface area contributed by atoms with Crippen molar-refractivity contribution in [1.29, 1.82) is 0 Å². The van der Waals surface area contributed by atoms with Crippen LogP contribution in [0.15, 0.2) is 72.9 Å². The van der Waals surface area contributed by atoms with Gasteiger partial charge in [0.1, 0.15) is 11.9 Å². The quantitative estimate of drug-likeness (QED) is 0.151. The Kier molecular flexibility index (Phi) is 12.0. The number of nitrogen functional groups attached to an aromatic ring is 1. The smallest absolute Gasteiger partial charge is 0.490 e. The molecule has 0 saturated heterocycles. The number of aromatic nitrogens is 1. The minimum Gasteiger partial charge on any atom is -0.490 e. The molecule has 0 radical (unpaired) electrons. The minimum absolute atomic E-state index is 0.00951. The van der Waals surface area contributed by atoms with Gasteiger partial charge >= 0.3 is 12.1 Å². The number of pyridine rings is 1. The number of aliphatic carboxylic acids is 1. The Balaban J connectivity index is 0.000000738. The molecular formula is C33H38F3N5O5. The zero-order valence-corrected chi connectivity index (χ0v) is 26.2. The first-order valence-corrected chi connectivity index (χ1v) is 14.4. The van der Waals surface area contributed by atoms with Crippen molar-refractivity contribution in [3.8, 4) is 11.5 Å². The van der Waals surface area contributed by atoms with E-state index in [1.807, 2.05) is 100 Å². The molecule has 0 bridgehead atoms. The van der Waals surface area contributed by atoms with E-state index in [2.05, 4.69) is 21.7 Å². The Bertz CT molecular complexity index is 1650. The first kappa shape index (κ1) is 35.3. The molecule has 0 fully saturated rings. The third kappa shape index (κ3) is 9.91. The van der Waals surface area contributed by atoms with Gasteiger partial charge in [-0.1, -0.05) is 18.2 Å². The molecule has 3 aromatic carbocycles. The summed E-state index contributed by atoms with van der Waals surface area (Å²) in [4.78, 5) is 28.8. The fourth-order valence-corrected chi connectivity index (χ4v) is 4.32. The second-order valence-corrected chi connectivity index (χ2v) is 10.6. The molecule has 1 amide bonds. The number of halogens is 3. The molecule has 4 aromatic rings. The number of carbonyl (C=O) groups excluding carboxylic acids is 1. The van der Waals surface area contributed by atoms with Crippen LogP contribution >= 0.6 is 0 Å². The number of hydrogen-bond donors (Lipinski definition) is 4. The van der Waals surface area contributed by atoms with Gasteiger partial charge in [-0.2, -0.15) is 13.2 Å².